The molecule has 0 unspecified atom stereocenters. The molecule has 3 rings (SSSR count). The third-order valence-electron chi connectivity index (χ3n) is 5.63. The van der Waals surface area contributed by atoms with E-state index in [-0.39, 0.29) is 11.9 Å². The van der Waals surface area contributed by atoms with Gasteiger partial charge in [0.2, 0.25) is 0 Å². The van der Waals surface area contributed by atoms with Crippen molar-refractivity contribution in [3.8, 4) is 0 Å². The summed E-state index contributed by atoms with van der Waals surface area (Å²) in [6.45, 7) is 4.51. The number of carbonyl (C=O) groups excluding carboxylic acids is 1. The maximum Gasteiger partial charge on any atom is 0.309 e. The maximum absolute atomic E-state index is 11.8. The van der Waals surface area contributed by atoms with Gasteiger partial charge < -0.3 is 9.64 Å². The van der Waals surface area contributed by atoms with Crippen molar-refractivity contribution in [3.63, 3.8) is 0 Å². The number of piperidine rings is 1. The van der Waals surface area contributed by atoms with Crippen LogP contribution in [0.5, 0.6) is 0 Å². The first-order valence-electron chi connectivity index (χ1n) is 9.23. The van der Waals surface area contributed by atoms with E-state index in [0.717, 1.165) is 37.9 Å². The Morgan fingerprint density at radius 1 is 1.04 bits per heavy atom. The summed E-state index contributed by atoms with van der Waals surface area (Å²) in [5, 5.41) is 0. The van der Waals surface area contributed by atoms with Gasteiger partial charge in [0.05, 0.1) is 12.5 Å². The Balaban J connectivity index is 1.45. The molecule has 0 aromatic heterocycles. The van der Waals surface area contributed by atoms with Gasteiger partial charge in [0.15, 0.2) is 0 Å². The SMILES string of the molecule is CCOC(=O)C1CCN(C2CCC(c3ccccc3)CC2)CC1. The van der Waals surface area contributed by atoms with Crippen molar-refractivity contribution in [2.45, 2.75) is 57.4 Å². The molecule has 1 aliphatic heterocycles. The number of benzene rings is 1. The minimum Gasteiger partial charge on any atom is -0.466 e. The van der Waals surface area contributed by atoms with Gasteiger partial charge in [-0.2, -0.15) is 0 Å². The van der Waals surface area contributed by atoms with Crippen LogP contribution in [0.4, 0.5) is 0 Å². The highest BCUT2D eigenvalue weighted by molar-refractivity contribution is 5.72. The molecule has 2 aliphatic rings. The second-order valence-corrected chi connectivity index (χ2v) is 6.98. The van der Waals surface area contributed by atoms with E-state index in [1.54, 1.807) is 0 Å². The first-order chi connectivity index (χ1) is 11.3. The summed E-state index contributed by atoms with van der Waals surface area (Å²) >= 11 is 0. The number of esters is 1. The molecule has 23 heavy (non-hydrogen) atoms. The van der Waals surface area contributed by atoms with Gasteiger partial charge in [0.25, 0.3) is 0 Å². The van der Waals surface area contributed by atoms with E-state index in [2.05, 4.69) is 35.2 Å². The highest BCUT2D eigenvalue weighted by atomic mass is 16.5. The molecule has 0 bridgehead atoms. The Bertz CT molecular complexity index is 486. The second-order valence-electron chi connectivity index (χ2n) is 6.98. The quantitative estimate of drug-likeness (QED) is 0.787. The molecule has 1 heterocycles. The molecule has 0 radical (unpaired) electrons. The number of hydrogen-bond acceptors (Lipinski definition) is 3. The van der Waals surface area contributed by atoms with Crippen molar-refractivity contribution in [1.29, 1.82) is 0 Å². The van der Waals surface area contributed by atoms with Gasteiger partial charge in [-0.25, -0.2) is 0 Å². The van der Waals surface area contributed by atoms with Crippen LogP contribution in [0.1, 0.15) is 56.9 Å². The lowest BCUT2D eigenvalue weighted by atomic mass is 9.80. The minimum atomic E-state index is 0.0138. The molecular weight excluding hydrogens is 286 g/mol. The lowest BCUT2D eigenvalue weighted by molar-refractivity contribution is -0.149. The molecule has 1 aromatic carbocycles. The number of likely N-dealkylation sites (tertiary alicyclic amines) is 1. The Hall–Kier alpha value is -1.35. The van der Waals surface area contributed by atoms with Crippen LogP contribution >= 0.6 is 0 Å². The number of nitrogens with zero attached hydrogens (tertiary/aromatic N) is 1. The first kappa shape index (κ1) is 16.5. The van der Waals surface area contributed by atoms with E-state index in [0.29, 0.717) is 6.61 Å². The minimum absolute atomic E-state index is 0.0138. The van der Waals surface area contributed by atoms with Crippen molar-refractivity contribution in [2.24, 2.45) is 5.92 Å². The zero-order valence-corrected chi connectivity index (χ0v) is 14.2. The molecule has 126 valence electrons. The summed E-state index contributed by atoms with van der Waals surface area (Å²) in [5.74, 6) is 0.885. The number of ether oxygens (including phenoxy) is 1. The highest BCUT2D eigenvalue weighted by Crippen LogP contribution is 2.35. The van der Waals surface area contributed by atoms with Crippen LogP contribution in [0, 0.1) is 5.92 Å². The summed E-state index contributed by atoms with van der Waals surface area (Å²) in [6, 6.07) is 11.7. The van der Waals surface area contributed by atoms with Gasteiger partial charge in [0.1, 0.15) is 0 Å². The van der Waals surface area contributed by atoms with E-state index in [1.807, 2.05) is 6.92 Å². The standard InChI is InChI=1S/C20H29NO2/c1-2-23-20(22)18-12-14-21(15-13-18)19-10-8-17(9-11-19)16-6-4-3-5-7-16/h3-7,17-19H,2,8-15H2,1H3. The van der Waals surface area contributed by atoms with Gasteiger partial charge in [-0.1, -0.05) is 30.3 Å². The molecule has 2 fully saturated rings. The lowest BCUT2D eigenvalue weighted by Gasteiger charge is -2.40. The fourth-order valence-corrected chi connectivity index (χ4v) is 4.26. The van der Waals surface area contributed by atoms with E-state index < -0.39 is 0 Å². The number of hydrogen-bond donors (Lipinski definition) is 0. The Labute approximate surface area is 140 Å². The van der Waals surface area contributed by atoms with Crippen molar-refractivity contribution in [1.82, 2.24) is 4.90 Å². The van der Waals surface area contributed by atoms with Crippen molar-refractivity contribution >= 4 is 5.97 Å². The van der Waals surface area contributed by atoms with E-state index in [1.165, 1.54) is 31.2 Å². The highest BCUT2D eigenvalue weighted by Gasteiger charge is 2.31. The Morgan fingerprint density at radius 3 is 2.30 bits per heavy atom. The van der Waals surface area contributed by atoms with Gasteiger partial charge in [-0.05, 0) is 70.0 Å². The molecule has 0 N–H and O–H groups in total. The smallest absolute Gasteiger partial charge is 0.309 e. The molecular formula is C20H29NO2. The number of rotatable bonds is 4. The summed E-state index contributed by atoms with van der Waals surface area (Å²) in [6.07, 6.45) is 7.13. The normalized spacial score (nSPS) is 26.8. The summed E-state index contributed by atoms with van der Waals surface area (Å²) in [7, 11) is 0. The van der Waals surface area contributed by atoms with Crippen molar-refractivity contribution in [2.75, 3.05) is 19.7 Å². The summed E-state index contributed by atoms with van der Waals surface area (Å²) in [5.41, 5.74) is 1.51. The number of carbonyl (C=O) groups is 1. The molecule has 1 aliphatic carbocycles. The van der Waals surface area contributed by atoms with Gasteiger partial charge >= 0.3 is 5.97 Å². The zero-order valence-electron chi connectivity index (χ0n) is 14.2. The molecule has 0 amide bonds. The molecule has 1 aromatic rings. The Kier molecular flexibility index (Phi) is 5.71. The first-order valence-corrected chi connectivity index (χ1v) is 9.23. The van der Waals surface area contributed by atoms with Crippen molar-refractivity contribution < 1.29 is 9.53 Å². The van der Waals surface area contributed by atoms with Gasteiger partial charge in [-0.3, -0.25) is 4.79 Å². The van der Waals surface area contributed by atoms with Crippen molar-refractivity contribution in [3.05, 3.63) is 35.9 Å². The molecule has 3 heteroatoms. The molecule has 1 saturated heterocycles. The monoisotopic (exact) mass is 315 g/mol. The van der Waals surface area contributed by atoms with Crippen LogP contribution in [0.15, 0.2) is 30.3 Å². The third kappa shape index (κ3) is 4.14. The zero-order chi connectivity index (χ0) is 16.1. The average Bonchev–Trinajstić information content (AvgIpc) is 2.63. The fourth-order valence-electron chi connectivity index (χ4n) is 4.26. The summed E-state index contributed by atoms with van der Waals surface area (Å²) in [4.78, 5) is 14.5. The predicted molar refractivity (Wildman–Crippen MR) is 92.4 cm³/mol. The fraction of sp³-hybridized carbons (Fsp3) is 0.650. The molecule has 1 saturated carbocycles. The second kappa shape index (κ2) is 7.96. The van der Waals surface area contributed by atoms with E-state index in [9.17, 15) is 4.79 Å². The molecule has 0 atom stereocenters. The molecule has 0 spiro atoms. The average molecular weight is 315 g/mol. The third-order valence-corrected chi connectivity index (χ3v) is 5.63. The van der Waals surface area contributed by atoms with Gasteiger partial charge in [0, 0.05) is 6.04 Å². The van der Waals surface area contributed by atoms with E-state index in [4.69, 9.17) is 4.74 Å². The topological polar surface area (TPSA) is 29.5 Å². The maximum atomic E-state index is 11.8. The predicted octanol–water partition coefficient (Wildman–Crippen LogP) is 3.99. The van der Waals surface area contributed by atoms with Crippen LogP contribution in [0.3, 0.4) is 0 Å². The largest absolute Gasteiger partial charge is 0.466 e. The Morgan fingerprint density at radius 2 is 1.70 bits per heavy atom. The van der Waals surface area contributed by atoms with Crippen LogP contribution in [-0.4, -0.2) is 36.6 Å². The van der Waals surface area contributed by atoms with E-state index >= 15 is 0 Å². The van der Waals surface area contributed by atoms with Crippen LogP contribution in [-0.2, 0) is 9.53 Å². The lowest BCUT2D eigenvalue weighted by Crippen LogP contribution is -2.44. The summed E-state index contributed by atoms with van der Waals surface area (Å²) < 4.78 is 5.17. The van der Waals surface area contributed by atoms with Gasteiger partial charge in [-0.15, -0.1) is 0 Å². The molecule has 3 nitrogen and oxygen atoms in total. The van der Waals surface area contributed by atoms with Crippen LogP contribution < -0.4 is 0 Å². The van der Waals surface area contributed by atoms with Crippen LogP contribution in [0.25, 0.3) is 0 Å². The van der Waals surface area contributed by atoms with Crippen LogP contribution in [0.2, 0.25) is 0 Å².